The summed E-state index contributed by atoms with van der Waals surface area (Å²) in [6.07, 6.45) is 0.731. The van der Waals surface area contributed by atoms with Crippen LogP contribution in [0.5, 0.6) is 0 Å². The van der Waals surface area contributed by atoms with Gasteiger partial charge in [0.1, 0.15) is 0 Å². The molecule has 2 heteroatoms. The van der Waals surface area contributed by atoms with Crippen LogP contribution in [0.2, 0.25) is 0 Å². The Morgan fingerprint density at radius 3 is 2.57 bits per heavy atom. The number of nitrogens with one attached hydrogen (secondary N) is 1. The number of aliphatic hydroxyl groups is 1. The summed E-state index contributed by atoms with van der Waals surface area (Å²) in [7, 11) is 1.90. The van der Waals surface area contributed by atoms with Crippen molar-refractivity contribution in [3.05, 3.63) is 35.4 Å². The van der Waals surface area contributed by atoms with E-state index in [4.69, 9.17) is 0 Å². The van der Waals surface area contributed by atoms with Crippen LogP contribution in [-0.4, -0.2) is 18.7 Å². The van der Waals surface area contributed by atoms with E-state index < -0.39 is 5.60 Å². The van der Waals surface area contributed by atoms with Crippen molar-refractivity contribution in [2.45, 2.75) is 25.9 Å². The Bertz CT molecular complexity index is 294. The topological polar surface area (TPSA) is 32.3 Å². The average Bonchev–Trinajstić information content (AvgIpc) is 2.15. The lowest BCUT2D eigenvalue weighted by atomic mass is 9.89. The van der Waals surface area contributed by atoms with Crippen molar-refractivity contribution >= 4 is 0 Å². The van der Waals surface area contributed by atoms with Crippen molar-refractivity contribution in [2.75, 3.05) is 13.6 Å². The number of hydrogen-bond donors (Lipinski definition) is 2. The summed E-state index contributed by atoms with van der Waals surface area (Å²) in [5, 5.41) is 13.3. The standard InChI is InChI=1S/C12H19NO/c1-10-6-4-5-7-11(10)12(2,14)8-9-13-3/h4-7,13-14H,8-9H2,1-3H3. The molecule has 2 nitrogen and oxygen atoms in total. The van der Waals surface area contributed by atoms with Gasteiger partial charge in [-0.15, -0.1) is 0 Å². The maximum absolute atomic E-state index is 10.3. The molecule has 14 heavy (non-hydrogen) atoms. The van der Waals surface area contributed by atoms with Crippen molar-refractivity contribution < 1.29 is 5.11 Å². The molecule has 0 spiro atoms. The van der Waals surface area contributed by atoms with E-state index in [1.54, 1.807) is 0 Å². The average molecular weight is 193 g/mol. The number of hydrogen-bond acceptors (Lipinski definition) is 2. The summed E-state index contributed by atoms with van der Waals surface area (Å²) in [6.45, 7) is 4.72. The van der Waals surface area contributed by atoms with Crippen LogP contribution < -0.4 is 5.32 Å². The second-order valence-electron chi connectivity index (χ2n) is 3.94. The van der Waals surface area contributed by atoms with Crippen LogP contribution >= 0.6 is 0 Å². The molecule has 1 rings (SSSR count). The minimum Gasteiger partial charge on any atom is -0.385 e. The summed E-state index contributed by atoms with van der Waals surface area (Å²) in [5.41, 5.74) is 1.44. The summed E-state index contributed by atoms with van der Waals surface area (Å²) in [5.74, 6) is 0. The van der Waals surface area contributed by atoms with E-state index in [-0.39, 0.29) is 0 Å². The minimum absolute atomic E-state index is 0.728. The number of rotatable bonds is 4. The molecular formula is C12H19NO. The first-order chi connectivity index (χ1) is 6.58. The zero-order valence-corrected chi connectivity index (χ0v) is 9.17. The van der Waals surface area contributed by atoms with Gasteiger partial charge in [-0.2, -0.15) is 0 Å². The van der Waals surface area contributed by atoms with E-state index in [1.165, 1.54) is 0 Å². The first kappa shape index (κ1) is 11.2. The zero-order chi connectivity index (χ0) is 10.6. The van der Waals surface area contributed by atoms with E-state index in [0.717, 1.165) is 24.1 Å². The van der Waals surface area contributed by atoms with Crippen LogP contribution in [0.15, 0.2) is 24.3 Å². The second kappa shape index (κ2) is 4.58. The van der Waals surface area contributed by atoms with Gasteiger partial charge in [-0.05, 0) is 45.0 Å². The SMILES string of the molecule is CNCCC(C)(O)c1ccccc1C. The van der Waals surface area contributed by atoms with Gasteiger partial charge in [-0.3, -0.25) is 0 Å². The third-order valence-corrected chi connectivity index (χ3v) is 2.59. The molecule has 0 heterocycles. The molecule has 0 radical (unpaired) electrons. The van der Waals surface area contributed by atoms with Crippen LogP contribution in [0.25, 0.3) is 0 Å². The van der Waals surface area contributed by atoms with Gasteiger partial charge in [0.05, 0.1) is 5.60 Å². The van der Waals surface area contributed by atoms with Gasteiger partial charge < -0.3 is 10.4 Å². The maximum Gasteiger partial charge on any atom is 0.0883 e. The van der Waals surface area contributed by atoms with E-state index in [1.807, 2.05) is 45.2 Å². The quantitative estimate of drug-likeness (QED) is 0.764. The zero-order valence-electron chi connectivity index (χ0n) is 9.17. The highest BCUT2D eigenvalue weighted by atomic mass is 16.3. The van der Waals surface area contributed by atoms with Gasteiger partial charge in [0.2, 0.25) is 0 Å². The lowest BCUT2D eigenvalue weighted by Gasteiger charge is -2.25. The molecule has 0 aromatic heterocycles. The molecule has 1 unspecified atom stereocenters. The van der Waals surface area contributed by atoms with E-state index in [2.05, 4.69) is 5.32 Å². The third kappa shape index (κ3) is 2.56. The fourth-order valence-corrected chi connectivity index (χ4v) is 1.68. The molecule has 0 amide bonds. The second-order valence-corrected chi connectivity index (χ2v) is 3.94. The van der Waals surface area contributed by atoms with Gasteiger partial charge in [-0.1, -0.05) is 24.3 Å². The molecule has 1 aromatic carbocycles. The predicted octanol–water partition coefficient (Wildman–Crippen LogP) is 1.81. The van der Waals surface area contributed by atoms with Gasteiger partial charge in [-0.25, -0.2) is 0 Å². The molecule has 0 fully saturated rings. The molecule has 0 bridgehead atoms. The van der Waals surface area contributed by atoms with Crippen LogP contribution in [0, 0.1) is 6.92 Å². The van der Waals surface area contributed by atoms with Crippen LogP contribution in [0.4, 0.5) is 0 Å². The lowest BCUT2D eigenvalue weighted by Crippen LogP contribution is -2.27. The van der Waals surface area contributed by atoms with Gasteiger partial charge in [0, 0.05) is 0 Å². The highest BCUT2D eigenvalue weighted by molar-refractivity contribution is 5.30. The normalized spacial score (nSPS) is 15.1. The fourth-order valence-electron chi connectivity index (χ4n) is 1.68. The third-order valence-electron chi connectivity index (χ3n) is 2.59. The van der Waals surface area contributed by atoms with Gasteiger partial charge in [0.25, 0.3) is 0 Å². The summed E-state index contributed by atoms with van der Waals surface area (Å²) >= 11 is 0. The van der Waals surface area contributed by atoms with Gasteiger partial charge >= 0.3 is 0 Å². The molecule has 78 valence electrons. The smallest absolute Gasteiger partial charge is 0.0883 e. The number of benzene rings is 1. The monoisotopic (exact) mass is 193 g/mol. The van der Waals surface area contributed by atoms with Crippen LogP contribution in [0.3, 0.4) is 0 Å². The first-order valence-electron chi connectivity index (χ1n) is 5.01. The van der Waals surface area contributed by atoms with Crippen molar-refractivity contribution in [1.82, 2.24) is 5.32 Å². The van der Waals surface area contributed by atoms with Crippen molar-refractivity contribution in [2.24, 2.45) is 0 Å². The molecule has 1 aromatic rings. The predicted molar refractivity (Wildman–Crippen MR) is 59.3 cm³/mol. The van der Waals surface area contributed by atoms with Crippen molar-refractivity contribution in [3.63, 3.8) is 0 Å². The molecule has 0 aliphatic heterocycles. The Balaban J connectivity index is 2.86. The Kier molecular flexibility index (Phi) is 3.67. The molecule has 0 aliphatic rings. The van der Waals surface area contributed by atoms with Crippen LogP contribution in [0.1, 0.15) is 24.5 Å². The van der Waals surface area contributed by atoms with Crippen LogP contribution in [-0.2, 0) is 5.60 Å². The van der Waals surface area contributed by atoms with E-state index in [9.17, 15) is 5.11 Å². The summed E-state index contributed by atoms with van der Waals surface area (Å²) in [4.78, 5) is 0. The fraction of sp³-hybridized carbons (Fsp3) is 0.500. The Morgan fingerprint density at radius 2 is 2.00 bits per heavy atom. The largest absolute Gasteiger partial charge is 0.385 e. The lowest BCUT2D eigenvalue weighted by molar-refractivity contribution is 0.0479. The van der Waals surface area contributed by atoms with Crippen molar-refractivity contribution in [1.29, 1.82) is 0 Å². The molecule has 0 saturated carbocycles. The van der Waals surface area contributed by atoms with Gasteiger partial charge in [0.15, 0.2) is 0 Å². The highest BCUT2D eigenvalue weighted by Crippen LogP contribution is 2.26. The minimum atomic E-state index is -0.728. The molecule has 1 atom stereocenters. The van der Waals surface area contributed by atoms with E-state index >= 15 is 0 Å². The highest BCUT2D eigenvalue weighted by Gasteiger charge is 2.23. The molecule has 0 aliphatic carbocycles. The van der Waals surface area contributed by atoms with E-state index in [0.29, 0.717) is 0 Å². The summed E-state index contributed by atoms with van der Waals surface area (Å²) < 4.78 is 0. The number of aryl methyl sites for hydroxylation is 1. The Labute approximate surface area is 86.0 Å². The summed E-state index contributed by atoms with van der Waals surface area (Å²) in [6, 6.07) is 7.98. The first-order valence-corrected chi connectivity index (χ1v) is 5.01. The van der Waals surface area contributed by atoms with Crippen molar-refractivity contribution in [3.8, 4) is 0 Å². The maximum atomic E-state index is 10.3. The molecule has 2 N–H and O–H groups in total. The Morgan fingerprint density at radius 1 is 1.36 bits per heavy atom. The molecular weight excluding hydrogens is 174 g/mol. The Hall–Kier alpha value is -0.860. The molecule has 0 saturated heterocycles.